The molecule has 0 aromatic carbocycles. The van der Waals surface area contributed by atoms with Crippen LogP contribution in [0.4, 0.5) is 5.82 Å². The molecule has 1 atom stereocenters. The van der Waals surface area contributed by atoms with Gasteiger partial charge in [0.2, 0.25) is 5.88 Å². The van der Waals surface area contributed by atoms with Crippen LogP contribution in [0.3, 0.4) is 0 Å². The van der Waals surface area contributed by atoms with Crippen molar-refractivity contribution in [2.75, 3.05) is 51.8 Å². The third-order valence-electron chi connectivity index (χ3n) is 6.31. The summed E-state index contributed by atoms with van der Waals surface area (Å²) in [5.41, 5.74) is 2.67. The summed E-state index contributed by atoms with van der Waals surface area (Å²) < 4.78 is 12.5. The number of nitrogens with one attached hydrogen (secondary N) is 1. The summed E-state index contributed by atoms with van der Waals surface area (Å²) in [5, 5.41) is 13.1. The SMILES string of the molecule is CCCOCCn1c(=O)c(NCCCN2CCCC(O)C2)nc2ncc(-c3ccc(OC)nc3)cc21. The van der Waals surface area contributed by atoms with Gasteiger partial charge in [0, 0.05) is 55.8 Å². The Bertz CT molecular complexity index is 1180. The van der Waals surface area contributed by atoms with Gasteiger partial charge in [0.25, 0.3) is 5.56 Å². The molecule has 4 heterocycles. The number of methoxy groups -OCH3 is 1. The lowest BCUT2D eigenvalue weighted by Crippen LogP contribution is -2.39. The molecule has 0 spiro atoms. The molecular weight excluding hydrogens is 460 g/mol. The van der Waals surface area contributed by atoms with E-state index in [1.807, 2.05) is 12.1 Å². The van der Waals surface area contributed by atoms with Gasteiger partial charge < -0.3 is 24.8 Å². The second kappa shape index (κ2) is 12.8. The molecule has 1 unspecified atom stereocenters. The summed E-state index contributed by atoms with van der Waals surface area (Å²) in [5.74, 6) is 0.828. The highest BCUT2D eigenvalue weighted by atomic mass is 16.5. The van der Waals surface area contributed by atoms with Gasteiger partial charge in [-0.2, -0.15) is 0 Å². The molecule has 0 amide bonds. The second-order valence-corrected chi connectivity index (χ2v) is 9.06. The topological polar surface area (TPSA) is 115 Å². The Morgan fingerprint density at radius 1 is 1.17 bits per heavy atom. The summed E-state index contributed by atoms with van der Waals surface area (Å²) in [7, 11) is 1.58. The minimum absolute atomic E-state index is 0.192. The fourth-order valence-electron chi connectivity index (χ4n) is 4.43. The number of β-amino-alcohol motifs (C(OH)–C–C–N with tert-alkyl or cyclic N) is 1. The Morgan fingerprint density at radius 2 is 2.03 bits per heavy atom. The van der Waals surface area contributed by atoms with Crippen molar-refractivity contribution in [2.24, 2.45) is 0 Å². The first-order valence-electron chi connectivity index (χ1n) is 12.7. The van der Waals surface area contributed by atoms with Crippen molar-refractivity contribution in [3.8, 4) is 17.0 Å². The number of ether oxygens (including phenoxy) is 2. The largest absolute Gasteiger partial charge is 0.481 e. The number of anilines is 1. The molecule has 4 rings (SSSR count). The molecule has 10 nitrogen and oxygen atoms in total. The quantitative estimate of drug-likeness (QED) is 0.365. The van der Waals surface area contributed by atoms with Crippen molar-refractivity contribution in [1.29, 1.82) is 0 Å². The fourth-order valence-corrected chi connectivity index (χ4v) is 4.43. The van der Waals surface area contributed by atoms with Crippen LogP contribution in [0.2, 0.25) is 0 Å². The average Bonchev–Trinajstić information content (AvgIpc) is 2.90. The Morgan fingerprint density at radius 3 is 2.78 bits per heavy atom. The molecule has 36 heavy (non-hydrogen) atoms. The van der Waals surface area contributed by atoms with Crippen LogP contribution in [0.1, 0.15) is 32.6 Å². The molecule has 1 saturated heterocycles. The normalized spacial score (nSPS) is 16.4. The number of fused-ring (bicyclic) bond motifs is 1. The Labute approximate surface area is 211 Å². The van der Waals surface area contributed by atoms with Crippen LogP contribution in [-0.2, 0) is 11.3 Å². The predicted molar refractivity (Wildman–Crippen MR) is 139 cm³/mol. The van der Waals surface area contributed by atoms with E-state index < -0.39 is 0 Å². The summed E-state index contributed by atoms with van der Waals surface area (Å²) >= 11 is 0. The van der Waals surface area contributed by atoms with Crippen LogP contribution < -0.4 is 15.6 Å². The third kappa shape index (κ3) is 6.57. The number of aliphatic hydroxyl groups excluding tert-OH is 1. The lowest BCUT2D eigenvalue weighted by Gasteiger charge is -2.29. The van der Waals surface area contributed by atoms with E-state index in [0.29, 0.717) is 49.2 Å². The monoisotopic (exact) mass is 496 g/mol. The van der Waals surface area contributed by atoms with Gasteiger partial charge in [-0.05, 0) is 50.9 Å². The van der Waals surface area contributed by atoms with Gasteiger partial charge >= 0.3 is 0 Å². The summed E-state index contributed by atoms with van der Waals surface area (Å²) in [6, 6.07) is 5.62. The van der Waals surface area contributed by atoms with Gasteiger partial charge in [-0.15, -0.1) is 0 Å². The lowest BCUT2D eigenvalue weighted by molar-refractivity contribution is 0.0706. The Kier molecular flexibility index (Phi) is 9.21. The zero-order chi connectivity index (χ0) is 25.3. The van der Waals surface area contributed by atoms with Gasteiger partial charge in [0.05, 0.1) is 25.3 Å². The fraction of sp³-hybridized carbons (Fsp3) is 0.538. The maximum absolute atomic E-state index is 13.4. The number of nitrogens with zero attached hydrogens (tertiary/aromatic N) is 5. The minimum Gasteiger partial charge on any atom is -0.481 e. The van der Waals surface area contributed by atoms with E-state index in [2.05, 4.69) is 32.1 Å². The maximum atomic E-state index is 13.4. The number of hydrogen-bond donors (Lipinski definition) is 2. The van der Waals surface area contributed by atoms with Gasteiger partial charge in [-0.1, -0.05) is 6.92 Å². The molecule has 3 aromatic rings. The highest BCUT2D eigenvalue weighted by Crippen LogP contribution is 2.23. The van der Waals surface area contributed by atoms with Crippen molar-refractivity contribution in [3.05, 3.63) is 40.9 Å². The van der Waals surface area contributed by atoms with Crippen LogP contribution >= 0.6 is 0 Å². The summed E-state index contributed by atoms with van der Waals surface area (Å²) in [4.78, 5) is 29.1. The van der Waals surface area contributed by atoms with Gasteiger partial charge in [-0.3, -0.25) is 9.36 Å². The predicted octanol–water partition coefficient (Wildman–Crippen LogP) is 2.55. The van der Waals surface area contributed by atoms with Crippen LogP contribution in [0.5, 0.6) is 5.88 Å². The van der Waals surface area contributed by atoms with E-state index in [1.54, 1.807) is 30.1 Å². The first kappa shape index (κ1) is 26.0. The van der Waals surface area contributed by atoms with Crippen molar-refractivity contribution >= 4 is 17.0 Å². The number of likely N-dealkylation sites (tertiary alicyclic amines) is 1. The van der Waals surface area contributed by atoms with E-state index in [0.717, 1.165) is 56.4 Å². The number of pyridine rings is 2. The number of piperidine rings is 1. The average molecular weight is 497 g/mol. The van der Waals surface area contributed by atoms with Crippen LogP contribution in [0.15, 0.2) is 35.4 Å². The van der Waals surface area contributed by atoms with Crippen LogP contribution in [0, 0.1) is 0 Å². The van der Waals surface area contributed by atoms with Gasteiger partial charge in [0.15, 0.2) is 11.5 Å². The third-order valence-corrected chi connectivity index (χ3v) is 6.31. The van der Waals surface area contributed by atoms with Gasteiger partial charge in [-0.25, -0.2) is 15.0 Å². The zero-order valence-electron chi connectivity index (χ0n) is 21.2. The molecule has 1 fully saturated rings. The van der Waals surface area contributed by atoms with Gasteiger partial charge in [0.1, 0.15) is 0 Å². The van der Waals surface area contributed by atoms with E-state index in [4.69, 9.17) is 9.47 Å². The van der Waals surface area contributed by atoms with Crippen molar-refractivity contribution in [3.63, 3.8) is 0 Å². The molecule has 194 valence electrons. The van der Waals surface area contributed by atoms with E-state index in [1.165, 1.54) is 0 Å². The minimum atomic E-state index is -0.236. The molecule has 0 aliphatic carbocycles. The molecule has 0 saturated carbocycles. The zero-order valence-corrected chi connectivity index (χ0v) is 21.2. The number of aliphatic hydroxyl groups is 1. The second-order valence-electron chi connectivity index (χ2n) is 9.06. The highest BCUT2D eigenvalue weighted by Gasteiger charge is 2.17. The Hall–Kier alpha value is -3.08. The molecule has 1 aliphatic heterocycles. The summed E-state index contributed by atoms with van der Waals surface area (Å²) in [6.45, 7) is 6.74. The number of rotatable bonds is 12. The van der Waals surface area contributed by atoms with E-state index in [9.17, 15) is 9.90 Å². The first-order chi connectivity index (χ1) is 17.6. The standard InChI is InChI=1S/C26H36N6O4/c1-3-13-36-14-12-32-22-15-20(19-7-8-23(35-2)28-16-19)17-29-24(22)30-25(26(32)34)27-9-5-11-31-10-4-6-21(33)18-31/h7-8,15-17,21,33H,3-6,9-14,18H2,1-2H3,(H,27,29,30). The highest BCUT2D eigenvalue weighted by molar-refractivity contribution is 5.78. The maximum Gasteiger partial charge on any atom is 0.293 e. The molecule has 0 bridgehead atoms. The number of hydrogen-bond acceptors (Lipinski definition) is 9. The van der Waals surface area contributed by atoms with E-state index >= 15 is 0 Å². The van der Waals surface area contributed by atoms with Crippen molar-refractivity contribution in [1.82, 2.24) is 24.4 Å². The molecule has 0 radical (unpaired) electrons. The van der Waals surface area contributed by atoms with Crippen LogP contribution in [-0.4, -0.2) is 82.1 Å². The van der Waals surface area contributed by atoms with Crippen molar-refractivity contribution < 1.29 is 14.6 Å². The molecule has 10 heteroatoms. The van der Waals surface area contributed by atoms with Crippen LogP contribution in [0.25, 0.3) is 22.3 Å². The van der Waals surface area contributed by atoms with E-state index in [-0.39, 0.29) is 11.7 Å². The molecule has 3 aromatic heterocycles. The first-order valence-corrected chi connectivity index (χ1v) is 12.7. The summed E-state index contributed by atoms with van der Waals surface area (Å²) in [6.07, 6.45) is 6.89. The molecule has 2 N–H and O–H groups in total. The molecule has 1 aliphatic rings. The lowest BCUT2D eigenvalue weighted by atomic mass is 10.1. The molecular formula is C26H36N6O4. The smallest absolute Gasteiger partial charge is 0.293 e. The number of aromatic nitrogens is 4. The Balaban J connectivity index is 1.54. The van der Waals surface area contributed by atoms with Crippen molar-refractivity contribution in [2.45, 2.75) is 45.3 Å².